The Morgan fingerprint density at radius 2 is 2.06 bits per heavy atom. The molecule has 0 saturated heterocycles. The molecule has 0 N–H and O–H groups in total. The summed E-state index contributed by atoms with van der Waals surface area (Å²) in [6, 6.07) is 9.52. The second-order valence-electron chi connectivity index (χ2n) is 4.10. The van der Waals surface area contributed by atoms with Gasteiger partial charge in [-0.25, -0.2) is 4.79 Å². The van der Waals surface area contributed by atoms with Gasteiger partial charge >= 0.3 is 6.09 Å². The molecular formula is C14H15NO3. The molecule has 1 aliphatic rings. The van der Waals surface area contributed by atoms with Crippen LogP contribution in [-0.2, 0) is 16.1 Å². The number of ketones is 1. The first-order chi connectivity index (χ1) is 8.75. The Morgan fingerprint density at radius 3 is 2.83 bits per heavy atom. The van der Waals surface area contributed by atoms with E-state index in [1.54, 1.807) is 6.08 Å². The van der Waals surface area contributed by atoms with Gasteiger partial charge in [0.1, 0.15) is 6.61 Å². The largest absolute Gasteiger partial charge is 0.445 e. The third-order valence-electron chi connectivity index (χ3n) is 2.72. The fourth-order valence-corrected chi connectivity index (χ4v) is 1.71. The normalized spacial score (nSPS) is 15.3. The topological polar surface area (TPSA) is 46.6 Å². The van der Waals surface area contributed by atoms with Crippen molar-refractivity contribution < 1.29 is 14.3 Å². The van der Waals surface area contributed by atoms with Crippen LogP contribution < -0.4 is 0 Å². The van der Waals surface area contributed by atoms with E-state index in [1.807, 2.05) is 30.3 Å². The minimum atomic E-state index is -0.377. The van der Waals surface area contributed by atoms with Crippen molar-refractivity contribution in [3.63, 3.8) is 0 Å². The molecule has 4 heteroatoms. The quantitative estimate of drug-likeness (QED) is 0.802. The van der Waals surface area contributed by atoms with Crippen LogP contribution in [0.4, 0.5) is 4.79 Å². The molecule has 0 spiro atoms. The number of allylic oxidation sites excluding steroid dienone is 1. The Morgan fingerprint density at radius 1 is 1.28 bits per heavy atom. The summed E-state index contributed by atoms with van der Waals surface area (Å²) in [5.41, 5.74) is 0.951. The average Bonchev–Trinajstić information content (AvgIpc) is 2.62. The van der Waals surface area contributed by atoms with E-state index in [0.29, 0.717) is 19.5 Å². The molecule has 1 heterocycles. The molecule has 94 valence electrons. The number of benzene rings is 1. The lowest BCUT2D eigenvalue weighted by Gasteiger charge is -2.18. The zero-order valence-corrected chi connectivity index (χ0v) is 10.0. The van der Waals surface area contributed by atoms with Gasteiger partial charge in [0.05, 0.1) is 0 Å². The lowest BCUT2D eigenvalue weighted by Crippen LogP contribution is -2.32. The Labute approximate surface area is 106 Å². The highest BCUT2D eigenvalue weighted by molar-refractivity contribution is 5.90. The number of hydrogen-bond donors (Lipinski definition) is 0. The van der Waals surface area contributed by atoms with Crippen LogP contribution in [-0.4, -0.2) is 29.9 Å². The van der Waals surface area contributed by atoms with Gasteiger partial charge < -0.3 is 9.64 Å². The minimum Gasteiger partial charge on any atom is -0.445 e. The van der Waals surface area contributed by atoms with E-state index in [1.165, 1.54) is 11.0 Å². The van der Waals surface area contributed by atoms with Crippen molar-refractivity contribution in [2.24, 2.45) is 0 Å². The van der Waals surface area contributed by atoms with E-state index in [9.17, 15) is 9.59 Å². The lowest BCUT2D eigenvalue weighted by molar-refractivity contribution is -0.114. The SMILES string of the molecule is O=C1C=CCN(C(=O)OCc2ccccc2)CC1. The van der Waals surface area contributed by atoms with Crippen LogP contribution >= 0.6 is 0 Å². The number of nitrogens with zero attached hydrogens (tertiary/aromatic N) is 1. The fraction of sp³-hybridized carbons (Fsp3) is 0.286. The molecule has 0 saturated carbocycles. The van der Waals surface area contributed by atoms with Crippen molar-refractivity contribution in [3.8, 4) is 0 Å². The fourth-order valence-electron chi connectivity index (χ4n) is 1.71. The molecule has 0 radical (unpaired) electrons. The Bertz CT molecular complexity index is 453. The summed E-state index contributed by atoms with van der Waals surface area (Å²) >= 11 is 0. The highest BCUT2D eigenvalue weighted by atomic mass is 16.6. The number of amides is 1. The highest BCUT2D eigenvalue weighted by Crippen LogP contribution is 2.06. The van der Waals surface area contributed by atoms with Crippen molar-refractivity contribution >= 4 is 11.9 Å². The molecule has 4 nitrogen and oxygen atoms in total. The summed E-state index contributed by atoms with van der Waals surface area (Å²) < 4.78 is 5.20. The van der Waals surface area contributed by atoms with Gasteiger partial charge in [0, 0.05) is 19.5 Å². The second kappa shape index (κ2) is 6.00. The number of ether oxygens (including phenoxy) is 1. The van der Waals surface area contributed by atoms with Gasteiger partial charge in [-0.15, -0.1) is 0 Å². The molecule has 2 rings (SSSR count). The lowest BCUT2D eigenvalue weighted by atomic mass is 10.2. The van der Waals surface area contributed by atoms with Gasteiger partial charge in [0.15, 0.2) is 5.78 Å². The van der Waals surface area contributed by atoms with Gasteiger partial charge in [0.25, 0.3) is 0 Å². The molecule has 18 heavy (non-hydrogen) atoms. The summed E-state index contributed by atoms with van der Waals surface area (Å²) in [4.78, 5) is 24.5. The standard InChI is InChI=1S/C14H15NO3/c16-13-7-4-9-15(10-8-13)14(17)18-11-12-5-2-1-3-6-12/h1-7H,8-11H2. The van der Waals surface area contributed by atoms with Gasteiger partial charge in [-0.1, -0.05) is 36.4 Å². The van der Waals surface area contributed by atoms with Crippen LogP contribution in [0.1, 0.15) is 12.0 Å². The first kappa shape index (κ1) is 12.4. The maximum Gasteiger partial charge on any atom is 0.410 e. The highest BCUT2D eigenvalue weighted by Gasteiger charge is 2.16. The molecule has 0 unspecified atom stereocenters. The molecule has 0 bridgehead atoms. The number of carbonyl (C=O) groups is 2. The summed E-state index contributed by atoms with van der Waals surface area (Å²) in [5.74, 6) is 0.0494. The van der Waals surface area contributed by atoms with Crippen LogP contribution in [0, 0.1) is 0 Å². The number of hydrogen-bond acceptors (Lipinski definition) is 3. The first-order valence-electron chi connectivity index (χ1n) is 5.91. The van der Waals surface area contributed by atoms with Crippen LogP contribution in [0.25, 0.3) is 0 Å². The third-order valence-corrected chi connectivity index (χ3v) is 2.72. The van der Waals surface area contributed by atoms with Gasteiger partial charge in [-0.3, -0.25) is 4.79 Å². The van der Waals surface area contributed by atoms with Crippen LogP contribution in [0.5, 0.6) is 0 Å². The van der Waals surface area contributed by atoms with Crippen molar-refractivity contribution in [1.29, 1.82) is 0 Å². The Hall–Kier alpha value is -2.10. The Kier molecular flexibility index (Phi) is 4.12. The average molecular weight is 245 g/mol. The molecule has 1 aromatic rings. The van der Waals surface area contributed by atoms with Crippen molar-refractivity contribution in [2.45, 2.75) is 13.0 Å². The molecule has 1 aromatic carbocycles. The zero-order valence-electron chi connectivity index (χ0n) is 10.0. The van der Waals surface area contributed by atoms with Gasteiger partial charge in [0.2, 0.25) is 0 Å². The monoisotopic (exact) mass is 245 g/mol. The summed E-state index contributed by atoms with van der Waals surface area (Å²) in [7, 11) is 0. The molecule has 0 fully saturated rings. The van der Waals surface area contributed by atoms with E-state index in [-0.39, 0.29) is 18.5 Å². The van der Waals surface area contributed by atoms with Crippen molar-refractivity contribution in [1.82, 2.24) is 4.90 Å². The molecule has 0 aliphatic carbocycles. The van der Waals surface area contributed by atoms with Crippen molar-refractivity contribution in [2.75, 3.05) is 13.1 Å². The third kappa shape index (κ3) is 3.45. The van der Waals surface area contributed by atoms with Gasteiger partial charge in [-0.2, -0.15) is 0 Å². The zero-order chi connectivity index (χ0) is 12.8. The van der Waals surface area contributed by atoms with E-state index < -0.39 is 0 Å². The number of carbonyl (C=O) groups excluding carboxylic acids is 2. The maximum atomic E-state index is 11.8. The smallest absolute Gasteiger partial charge is 0.410 e. The Balaban J connectivity index is 1.85. The maximum absolute atomic E-state index is 11.8. The predicted molar refractivity (Wildman–Crippen MR) is 67.0 cm³/mol. The predicted octanol–water partition coefficient (Wildman–Crippen LogP) is 2.15. The first-order valence-corrected chi connectivity index (χ1v) is 5.91. The van der Waals surface area contributed by atoms with Crippen LogP contribution in [0.2, 0.25) is 0 Å². The molecule has 1 amide bonds. The van der Waals surface area contributed by atoms with Crippen LogP contribution in [0.3, 0.4) is 0 Å². The van der Waals surface area contributed by atoms with Crippen LogP contribution in [0.15, 0.2) is 42.5 Å². The number of rotatable bonds is 2. The molecule has 0 atom stereocenters. The molecular weight excluding hydrogens is 230 g/mol. The minimum absolute atomic E-state index is 0.0494. The van der Waals surface area contributed by atoms with E-state index in [0.717, 1.165) is 5.56 Å². The van der Waals surface area contributed by atoms with E-state index >= 15 is 0 Å². The summed E-state index contributed by atoms with van der Waals surface area (Å²) in [5, 5.41) is 0. The van der Waals surface area contributed by atoms with Crippen molar-refractivity contribution in [3.05, 3.63) is 48.0 Å². The summed E-state index contributed by atoms with van der Waals surface area (Å²) in [6.07, 6.45) is 3.19. The molecule has 0 aromatic heterocycles. The van der Waals surface area contributed by atoms with E-state index in [4.69, 9.17) is 4.74 Å². The van der Waals surface area contributed by atoms with Gasteiger partial charge in [-0.05, 0) is 11.6 Å². The van der Waals surface area contributed by atoms with E-state index in [2.05, 4.69) is 0 Å². The molecule has 1 aliphatic heterocycles. The second-order valence-corrected chi connectivity index (χ2v) is 4.10. The summed E-state index contributed by atoms with van der Waals surface area (Å²) in [6.45, 7) is 1.10.